The third-order valence-electron chi connectivity index (χ3n) is 5.20. The molecule has 142 valence electrons. The summed E-state index contributed by atoms with van der Waals surface area (Å²) in [5.41, 5.74) is 1.84. The number of carbonyl (C=O) groups excluding carboxylic acids is 2. The summed E-state index contributed by atoms with van der Waals surface area (Å²) in [5.74, 6) is -0.156. The molecule has 2 aromatic rings. The number of halogens is 1. The summed E-state index contributed by atoms with van der Waals surface area (Å²) in [6.07, 6.45) is 3.70. The number of rotatable bonds is 5. The molecule has 0 saturated heterocycles. The Morgan fingerprint density at radius 3 is 2.15 bits per heavy atom. The lowest BCUT2D eigenvalue weighted by molar-refractivity contribution is -0.121. The first-order valence-electron chi connectivity index (χ1n) is 9.39. The Morgan fingerprint density at radius 1 is 0.963 bits per heavy atom. The average molecular weight is 385 g/mol. The van der Waals surface area contributed by atoms with Crippen LogP contribution in [0, 0.1) is 5.92 Å². The highest BCUT2D eigenvalue weighted by molar-refractivity contribution is 6.30. The molecule has 27 heavy (non-hydrogen) atoms. The fraction of sp³-hybridized carbons (Fsp3) is 0.364. The van der Waals surface area contributed by atoms with E-state index in [0.29, 0.717) is 16.4 Å². The largest absolute Gasteiger partial charge is 0.326 e. The van der Waals surface area contributed by atoms with Crippen LogP contribution in [-0.2, 0) is 15.0 Å². The van der Waals surface area contributed by atoms with Crippen LogP contribution in [0.3, 0.4) is 0 Å². The van der Waals surface area contributed by atoms with Crippen LogP contribution in [-0.4, -0.2) is 11.8 Å². The molecule has 2 amide bonds. The molecule has 0 heterocycles. The van der Waals surface area contributed by atoms with E-state index in [-0.39, 0.29) is 17.7 Å². The molecule has 0 unspecified atom stereocenters. The van der Waals surface area contributed by atoms with Crippen LogP contribution in [0.5, 0.6) is 0 Å². The minimum Gasteiger partial charge on any atom is -0.326 e. The number of nitrogens with one attached hydrogen (secondary N) is 2. The quantitative estimate of drug-likeness (QED) is 0.726. The lowest BCUT2D eigenvalue weighted by atomic mass is 9.78. The molecule has 0 bridgehead atoms. The first-order chi connectivity index (χ1) is 12.9. The highest BCUT2D eigenvalue weighted by Gasteiger charge is 2.42. The van der Waals surface area contributed by atoms with E-state index in [1.54, 1.807) is 6.07 Å². The van der Waals surface area contributed by atoms with Crippen LogP contribution in [0.2, 0.25) is 5.02 Å². The number of benzene rings is 2. The normalized spacial score (nSPS) is 15.6. The average Bonchev–Trinajstić information content (AvgIpc) is 3.13. The predicted molar refractivity (Wildman–Crippen MR) is 110 cm³/mol. The van der Waals surface area contributed by atoms with Crippen LogP contribution >= 0.6 is 11.6 Å². The molecule has 1 aliphatic rings. The van der Waals surface area contributed by atoms with E-state index in [9.17, 15) is 9.59 Å². The van der Waals surface area contributed by atoms with Gasteiger partial charge in [-0.2, -0.15) is 0 Å². The van der Waals surface area contributed by atoms with Crippen molar-refractivity contribution < 1.29 is 9.59 Å². The third-order valence-corrected chi connectivity index (χ3v) is 5.45. The van der Waals surface area contributed by atoms with Crippen LogP contribution in [0.15, 0.2) is 48.5 Å². The van der Waals surface area contributed by atoms with Crippen LogP contribution in [0.25, 0.3) is 0 Å². The molecule has 0 aliphatic heterocycles. The van der Waals surface area contributed by atoms with E-state index in [0.717, 1.165) is 31.2 Å². The predicted octanol–water partition coefficient (Wildman–Crippen LogP) is 5.39. The summed E-state index contributed by atoms with van der Waals surface area (Å²) in [6.45, 7) is 3.69. The second-order valence-corrected chi connectivity index (χ2v) is 7.91. The van der Waals surface area contributed by atoms with Gasteiger partial charge in [0.05, 0.1) is 5.41 Å². The Morgan fingerprint density at radius 2 is 1.56 bits per heavy atom. The topological polar surface area (TPSA) is 58.2 Å². The van der Waals surface area contributed by atoms with Crippen molar-refractivity contribution >= 4 is 34.8 Å². The first-order valence-corrected chi connectivity index (χ1v) is 9.77. The second-order valence-electron chi connectivity index (χ2n) is 7.47. The molecule has 1 fully saturated rings. The van der Waals surface area contributed by atoms with Gasteiger partial charge in [-0.25, -0.2) is 0 Å². The van der Waals surface area contributed by atoms with E-state index in [4.69, 9.17) is 11.6 Å². The van der Waals surface area contributed by atoms with Gasteiger partial charge in [0.1, 0.15) is 0 Å². The highest BCUT2D eigenvalue weighted by Crippen LogP contribution is 2.42. The first kappa shape index (κ1) is 19.4. The molecule has 2 N–H and O–H groups in total. The van der Waals surface area contributed by atoms with Crippen molar-refractivity contribution in [1.29, 1.82) is 0 Å². The maximum atomic E-state index is 13.2. The van der Waals surface area contributed by atoms with Gasteiger partial charge in [-0.15, -0.1) is 0 Å². The summed E-state index contributed by atoms with van der Waals surface area (Å²) >= 11 is 6.02. The molecule has 0 spiro atoms. The van der Waals surface area contributed by atoms with E-state index >= 15 is 0 Å². The number of hydrogen-bond donors (Lipinski definition) is 2. The van der Waals surface area contributed by atoms with Crippen molar-refractivity contribution in [3.05, 3.63) is 59.1 Å². The molecule has 1 aliphatic carbocycles. The van der Waals surface area contributed by atoms with Crippen molar-refractivity contribution in [2.24, 2.45) is 5.92 Å². The monoisotopic (exact) mass is 384 g/mol. The summed E-state index contributed by atoms with van der Waals surface area (Å²) in [4.78, 5) is 25.1. The van der Waals surface area contributed by atoms with Gasteiger partial charge in [0.2, 0.25) is 11.8 Å². The molecule has 0 atom stereocenters. The molecule has 0 aromatic heterocycles. The Labute approximate surface area is 165 Å². The SMILES string of the molecule is CC(C)C(=O)Nc1cccc(NC(=O)C2(c3ccc(Cl)cc3)CCCC2)c1. The zero-order valence-corrected chi connectivity index (χ0v) is 16.5. The molecular formula is C22H25ClN2O2. The molecule has 0 radical (unpaired) electrons. The van der Waals surface area contributed by atoms with Crippen molar-refractivity contribution in [1.82, 2.24) is 0 Å². The van der Waals surface area contributed by atoms with Gasteiger partial charge in [-0.05, 0) is 48.7 Å². The van der Waals surface area contributed by atoms with Gasteiger partial charge in [0, 0.05) is 22.3 Å². The lowest BCUT2D eigenvalue weighted by Gasteiger charge is -2.28. The van der Waals surface area contributed by atoms with E-state index in [1.807, 2.05) is 56.3 Å². The smallest absolute Gasteiger partial charge is 0.235 e. The minimum absolute atomic E-state index is 0.00495. The third kappa shape index (κ3) is 4.33. The van der Waals surface area contributed by atoms with Gasteiger partial charge in [-0.3, -0.25) is 9.59 Å². The molecule has 5 heteroatoms. The zero-order valence-electron chi connectivity index (χ0n) is 15.7. The van der Waals surface area contributed by atoms with Crippen molar-refractivity contribution in [3.63, 3.8) is 0 Å². The molecule has 4 nitrogen and oxygen atoms in total. The van der Waals surface area contributed by atoms with E-state index < -0.39 is 5.41 Å². The van der Waals surface area contributed by atoms with E-state index in [2.05, 4.69) is 10.6 Å². The summed E-state index contributed by atoms with van der Waals surface area (Å²) in [6, 6.07) is 14.9. The minimum atomic E-state index is -0.526. The number of amides is 2. The Hall–Kier alpha value is -2.33. The Bertz CT molecular complexity index is 824. The Kier molecular flexibility index (Phi) is 5.85. The van der Waals surface area contributed by atoms with Crippen LogP contribution < -0.4 is 10.6 Å². The molecule has 3 rings (SSSR count). The second kappa shape index (κ2) is 8.13. The standard InChI is InChI=1S/C22H25ClN2O2/c1-15(2)20(26)24-18-6-5-7-19(14-18)25-21(27)22(12-3-4-13-22)16-8-10-17(23)11-9-16/h5-11,14-15H,3-4,12-13H2,1-2H3,(H,24,26)(H,25,27). The van der Waals surface area contributed by atoms with Crippen LogP contribution in [0.4, 0.5) is 11.4 Å². The number of carbonyl (C=O) groups is 2. The summed E-state index contributed by atoms with van der Waals surface area (Å²) < 4.78 is 0. The Balaban J connectivity index is 1.81. The molecule has 1 saturated carbocycles. The van der Waals surface area contributed by atoms with Gasteiger partial charge < -0.3 is 10.6 Å². The van der Waals surface area contributed by atoms with Gasteiger partial charge in [0.15, 0.2) is 0 Å². The van der Waals surface area contributed by atoms with Crippen molar-refractivity contribution in [2.75, 3.05) is 10.6 Å². The zero-order chi connectivity index (χ0) is 19.4. The molecular weight excluding hydrogens is 360 g/mol. The number of hydrogen-bond acceptors (Lipinski definition) is 2. The van der Waals surface area contributed by atoms with Crippen molar-refractivity contribution in [2.45, 2.75) is 44.9 Å². The number of anilines is 2. The van der Waals surface area contributed by atoms with Crippen molar-refractivity contribution in [3.8, 4) is 0 Å². The fourth-order valence-electron chi connectivity index (χ4n) is 3.61. The molecule has 2 aromatic carbocycles. The van der Waals surface area contributed by atoms with Crippen LogP contribution in [0.1, 0.15) is 45.1 Å². The fourth-order valence-corrected chi connectivity index (χ4v) is 3.73. The van der Waals surface area contributed by atoms with Gasteiger partial charge in [0.25, 0.3) is 0 Å². The summed E-state index contributed by atoms with van der Waals surface area (Å²) in [7, 11) is 0. The maximum absolute atomic E-state index is 13.2. The van der Waals surface area contributed by atoms with Gasteiger partial charge >= 0.3 is 0 Å². The summed E-state index contributed by atoms with van der Waals surface area (Å²) in [5, 5.41) is 6.59. The van der Waals surface area contributed by atoms with E-state index in [1.165, 1.54) is 0 Å². The van der Waals surface area contributed by atoms with Gasteiger partial charge in [-0.1, -0.05) is 56.5 Å². The maximum Gasteiger partial charge on any atom is 0.235 e. The highest BCUT2D eigenvalue weighted by atomic mass is 35.5. The lowest BCUT2D eigenvalue weighted by Crippen LogP contribution is -2.38.